The topological polar surface area (TPSA) is 17.1 Å². The quantitative estimate of drug-likeness (QED) is 0.648. The molecule has 1 nitrogen and oxygen atoms in total. The zero-order valence-corrected chi connectivity index (χ0v) is 10.6. The van der Waals surface area contributed by atoms with Crippen LogP contribution in [0.2, 0.25) is 0 Å². The number of hydrogen-bond acceptors (Lipinski definition) is 2. The van der Waals surface area contributed by atoms with Crippen LogP contribution in [0.25, 0.3) is 0 Å². The maximum atomic E-state index is 11.5. The number of hydrogen-bond donors (Lipinski definition) is 0. The highest BCUT2D eigenvalue weighted by atomic mass is 33.1. The van der Waals surface area contributed by atoms with Gasteiger partial charge in [0.2, 0.25) is 0 Å². The Labute approximate surface area is 82.6 Å². The summed E-state index contributed by atoms with van der Waals surface area (Å²) in [4.78, 5) is 0. The predicted octanol–water partition coefficient (Wildman–Crippen LogP) is 3.23. The van der Waals surface area contributed by atoms with E-state index in [0.29, 0.717) is 0 Å². The highest BCUT2D eigenvalue weighted by Gasteiger charge is 2.20. The molecule has 0 rings (SSSR count). The first-order valence-corrected chi connectivity index (χ1v) is 6.83. The average molecular weight is 208 g/mol. The van der Waals surface area contributed by atoms with Gasteiger partial charge in [0.05, 0.1) is 9.83 Å². The van der Waals surface area contributed by atoms with Crippen LogP contribution >= 0.6 is 10.8 Å². The van der Waals surface area contributed by atoms with Crippen molar-refractivity contribution in [3.63, 3.8) is 0 Å². The van der Waals surface area contributed by atoms with Crippen LogP contribution in [-0.4, -0.2) is 14.7 Å². The average Bonchev–Trinajstić information content (AvgIpc) is 1.49. The second kappa shape index (κ2) is 4.14. The molecule has 0 bridgehead atoms. The third-order valence-corrected chi connectivity index (χ3v) is 5.09. The summed E-state index contributed by atoms with van der Waals surface area (Å²) in [7, 11) is 0.814. The molecule has 12 heavy (non-hydrogen) atoms. The molecule has 1 unspecified atom stereocenters. The minimum Gasteiger partial charge on any atom is -0.248 e. The summed E-state index contributed by atoms with van der Waals surface area (Å²) in [5.41, 5.74) is 0.170. The molecule has 0 saturated heterocycles. The van der Waals surface area contributed by atoms with Crippen molar-refractivity contribution in [2.45, 2.75) is 46.3 Å². The molecular formula is C9H20OS2. The van der Waals surface area contributed by atoms with Gasteiger partial charge in [-0.3, -0.25) is 0 Å². The molecule has 0 heterocycles. The highest BCUT2D eigenvalue weighted by molar-refractivity contribution is 8.69. The summed E-state index contributed by atoms with van der Waals surface area (Å²) < 4.78 is 11.7. The van der Waals surface area contributed by atoms with E-state index in [-0.39, 0.29) is 10.2 Å². The van der Waals surface area contributed by atoms with Crippen LogP contribution in [-0.2, 0) is 9.83 Å². The monoisotopic (exact) mass is 208 g/mol. The van der Waals surface area contributed by atoms with E-state index in [1.54, 1.807) is 10.8 Å². The van der Waals surface area contributed by atoms with E-state index in [1.807, 2.05) is 0 Å². The Bertz CT molecular complexity index is 144. The first-order chi connectivity index (χ1) is 5.10. The smallest absolute Gasteiger partial charge is 0.0814 e. The van der Waals surface area contributed by atoms with E-state index in [2.05, 4.69) is 41.5 Å². The Morgan fingerprint density at radius 3 is 1.75 bits per heavy atom. The van der Waals surface area contributed by atoms with Crippen molar-refractivity contribution >= 4 is 20.6 Å². The lowest BCUT2D eigenvalue weighted by atomic mass is 10.0. The Hall–Kier alpha value is 0.500. The Morgan fingerprint density at radius 2 is 1.50 bits per heavy atom. The van der Waals surface area contributed by atoms with E-state index >= 15 is 0 Å². The van der Waals surface area contributed by atoms with E-state index in [0.717, 1.165) is 5.75 Å². The minimum atomic E-state index is -0.742. The molecule has 0 saturated carbocycles. The summed E-state index contributed by atoms with van der Waals surface area (Å²) in [6.07, 6.45) is 0. The van der Waals surface area contributed by atoms with Crippen LogP contribution in [0, 0.1) is 5.41 Å². The third-order valence-electron chi connectivity index (χ3n) is 0.894. The van der Waals surface area contributed by atoms with Gasteiger partial charge >= 0.3 is 0 Å². The van der Waals surface area contributed by atoms with Gasteiger partial charge in [0.25, 0.3) is 0 Å². The summed E-state index contributed by atoms with van der Waals surface area (Å²) in [6, 6.07) is 0. The molecule has 0 N–H and O–H groups in total. The predicted molar refractivity (Wildman–Crippen MR) is 59.8 cm³/mol. The van der Waals surface area contributed by atoms with Crippen molar-refractivity contribution in [1.82, 2.24) is 0 Å². The molecule has 1 atom stereocenters. The van der Waals surface area contributed by atoms with Gasteiger partial charge < -0.3 is 0 Å². The van der Waals surface area contributed by atoms with Crippen molar-refractivity contribution in [3.8, 4) is 0 Å². The van der Waals surface area contributed by atoms with E-state index < -0.39 is 9.83 Å². The zero-order valence-electron chi connectivity index (χ0n) is 8.93. The fourth-order valence-corrected chi connectivity index (χ4v) is 4.90. The van der Waals surface area contributed by atoms with Crippen LogP contribution < -0.4 is 0 Å². The van der Waals surface area contributed by atoms with Crippen molar-refractivity contribution in [1.29, 1.82) is 0 Å². The lowest BCUT2D eigenvalue weighted by Gasteiger charge is -2.21. The van der Waals surface area contributed by atoms with Crippen LogP contribution in [0.4, 0.5) is 0 Å². The van der Waals surface area contributed by atoms with E-state index in [4.69, 9.17) is 0 Å². The van der Waals surface area contributed by atoms with Crippen molar-refractivity contribution in [3.05, 3.63) is 0 Å². The summed E-state index contributed by atoms with van der Waals surface area (Å²) in [6.45, 7) is 12.6. The molecule has 0 spiro atoms. The molecule has 0 aliphatic rings. The van der Waals surface area contributed by atoms with Crippen LogP contribution in [0.3, 0.4) is 0 Å². The Morgan fingerprint density at radius 1 is 1.08 bits per heavy atom. The molecule has 0 fully saturated rings. The van der Waals surface area contributed by atoms with Crippen molar-refractivity contribution in [2.24, 2.45) is 5.41 Å². The van der Waals surface area contributed by atoms with Gasteiger partial charge in [-0.1, -0.05) is 52.3 Å². The molecule has 3 heteroatoms. The van der Waals surface area contributed by atoms with Crippen LogP contribution in [0.5, 0.6) is 0 Å². The molecule has 0 aromatic heterocycles. The summed E-state index contributed by atoms with van der Waals surface area (Å²) >= 11 is 0. The zero-order chi connectivity index (χ0) is 9.99. The second-order valence-corrected chi connectivity index (χ2v) is 9.11. The molecule has 0 aliphatic carbocycles. The molecule has 0 amide bonds. The standard InChI is InChI=1S/C9H20OS2/c1-8(2,3)7-12(10)11-9(4,5)6/h7H2,1-6H3. The maximum absolute atomic E-state index is 11.5. The fourth-order valence-electron chi connectivity index (χ4n) is 0.662. The normalized spacial score (nSPS) is 16.2. The first-order valence-electron chi connectivity index (χ1n) is 4.18. The SMILES string of the molecule is CC(C)(C)CS(=O)SC(C)(C)C. The van der Waals surface area contributed by atoms with E-state index in [1.165, 1.54) is 0 Å². The van der Waals surface area contributed by atoms with Gasteiger partial charge in [-0.05, 0) is 5.41 Å². The van der Waals surface area contributed by atoms with Gasteiger partial charge in [-0.25, -0.2) is 4.21 Å². The molecular weight excluding hydrogens is 188 g/mol. The Balaban J connectivity index is 3.92. The lowest BCUT2D eigenvalue weighted by molar-refractivity contribution is 0.476. The first kappa shape index (κ1) is 12.5. The molecule has 0 aromatic carbocycles. The van der Waals surface area contributed by atoms with Crippen molar-refractivity contribution in [2.75, 3.05) is 5.75 Å². The second-order valence-electron chi connectivity index (χ2n) is 5.20. The minimum absolute atomic E-state index is 0.107. The lowest BCUT2D eigenvalue weighted by Crippen LogP contribution is -2.18. The van der Waals surface area contributed by atoms with E-state index in [9.17, 15) is 4.21 Å². The fraction of sp³-hybridized carbons (Fsp3) is 1.00. The third kappa shape index (κ3) is 8.60. The largest absolute Gasteiger partial charge is 0.248 e. The molecule has 0 aromatic rings. The summed E-state index contributed by atoms with van der Waals surface area (Å²) in [5.74, 6) is 0.773. The highest BCUT2D eigenvalue weighted by Crippen LogP contribution is 2.30. The van der Waals surface area contributed by atoms with Gasteiger partial charge in [-0.2, -0.15) is 0 Å². The van der Waals surface area contributed by atoms with Gasteiger partial charge in [0.15, 0.2) is 0 Å². The Kier molecular flexibility index (Phi) is 4.31. The molecule has 74 valence electrons. The number of rotatable bonds is 2. The van der Waals surface area contributed by atoms with Crippen LogP contribution in [0.15, 0.2) is 0 Å². The molecule has 0 aliphatic heterocycles. The maximum Gasteiger partial charge on any atom is 0.0814 e. The summed E-state index contributed by atoms with van der Waals surface area (Å²) in [5, 5.41) is 0. The van der Waals surface area contributed by atoms with Gasteiger partial charge in [0, 0.05) is 10.5 Å². The van der Waals surface area contributed by atoms with Crippen molar-refractivity contribution < 1.29 is 4.21 Å². The van der Waals surface area contributed by atoms with Crippen LogP contribution in [0.1, 0.15) is 41.5 Å². The van der Waals surface area contributed by atoms with Gasteiger partial charge in [-0.15, -0.1) is 0 Å². The van der Waals surface area contributed by atoms with Gasteiger partial charge in [0.1, 0.15) is 0 Å². The molecule has 0 radical (unpaired) electrons.